The highest BCUT2D eigenvalue weighted by molar-refractivity contribution is 6.28. The molecular weight excluding hydrogens is 757 g/mol. The van der Waals surface area contributed by atoms with Crippen LogP contribution in [0.25, 0.3) is 127 Å². The maximum absolute atomic E-state index is 6.67. The van der Waals surface area contributed by atoms with E-state index >= 15 is 0 Å². The molecule has 10 aromatic carbocycles. The molecule has 13 rings (SSSR count). The van der Waals surface area contributed by atoms with Gasteiger partial charge in [-0.25, -0.2) is 4.98 Å². The molecule has 0 radical (unpaired) electrons. The van der Waals surface area contributed by atoms with Gasteiger partial charge in [0.25, 0.3) is 0 Å². The predicted molar refractivity (Wildman–Crippen MR) is 256 cm³/mol. The van der Waals surface area contributed by atoms with Crippen molar-refractivity contribution in [3.63, 3.8) is 0 Å². The second-order valence-electron chi connectivity index (χ2n) is 16.0. The lowest BCUT2D eigenvalue weighted by molar-refractivity contribution is 0.672. The van der Waals surface area contributed by atoms with Crippen molar-refractivity contribution >= 4 is 76.1 Å². The van der Waals surface area contributed by atoms with Crippen LogP contribution < -0.4 is 0 Å². The van der Waals surface area contributed by atoms with Gasteiger partial charge in [-0.1, -0.05) is 170 Å². The molecule has 288 valence electrons. The number of furan rings is 1. The molecule has 3 aromatic heterocycles. The maximum Gasteiger partial charge on any atom is 0.238 e. The number of fused-ring (bicyclic) bond motifs is 12. The fraction of sp³-hybridized carbons (Fsp3) is 0. The molecule has 3 heterocycles. The summed E-state index contributed by atoms with van der Waals surface area (Å²) in [6.45, 7) is 0. The van der Waals surface area contributed by atoms with E-state index < -0.39 is 0 Å². The van der Waals surface area contributed by atoms with Crippen LogP contribution in [0.3, 0.4) is 0 Å². The molecule has 0 saturated carbocycles. The standard InChI is InChI=1S/C57H34N4O/c1-2-13-35(14-3-1)39-18-10-19-40(33-39)41-20-11-21-42(34-41)55-58-56(47-25-12-26-50-51(47)46-30-27-38-17-6-9-24-45(38)54(46)62-50)60-57(59-55)61-48-31-28-36-15-4-7-22-43(36)52(48)53-44-23-8-5-16-37(44)29-32-49(53)61/h1-34H. The van der Waals surface area contributed by atoms with Gasteiger partial charge < -0.3 is 4.42 Å². The Morgan fingerprint density at radius 1 is 0.339 bits per heavy atom. The Morgan fingerprint density at radius 2 is 0.855 bits per heavy atom. The summed E-state index contributed by atoms with van der Waals surface area (Å²) in [5.74, 6) is 1.69. The molecule has 5 heteroatoms. The molecule has 0 fully saturated rings. The van der Waals surface area contributed by atoms with Gasteiger partial charge >= 0.3 is 0 Å². The van der Waals surface area contributed by atoms with Gasteiger partial charge in [0.2, 0.25) is 5.95 Å². The minimum absolute atomic E-state index is 0.544. The summed E-state index contributed by atoms with van der Waals surface area (Å²) in [6.07, 6.45) is 0. The van der Waals surface area contributed by atoms with E-state index in [2.05, 4.69) is 199 Å². The number of nitrogens with zero attached hydrogens (tertiary/aromatic N) is 4. The van der Waals surface area contributed by atoms with Crippen molar-refractivity contribution in [2.24, 2.45) is 0 Å². The van der Waals surface area contributed by atoms with Crippen LogP contribution in [0.2, 0.25) is 0 Å². The van der Waals surface area contributed by atoms with Crippen molar-refractivity contribution in [2.45, 2.75) is 0 Å². The number of hydrogen-bond acceptors (Lipinski definition) is 4. The van der Waals surface area contributed by atoms with Crippen LogP contribution in [0.5, 0.6) is 0 Å². The van der Waals surface area contributed by atoms with Crippen molar-refractivity contribution in [3.8, 4) is 51.0 Å². The predicted octanol–water partition coefficient (Wildman–Crippen LogP) is 15.0. The largest absolute Gasteiger partial charge is 0.455 e. The fourth-order valence-corrected chi connectivity index (χ4v) is 9.56. The lowest BCUT2D eigenvalue weighted by Gasteiger charge is -2.12. The molecular formula is C57H34N4O. The average molecular weight is 791 g/mol. The third-order valence-corrected chi connectivity index (χ3v) is 12.4. The summed E-state index contributed by atoms with van der Waals surface area (Å²) >= 11 is 0. The quantitative estimate of drug-likeness (QED) is 0.174. The second-order valence-corrected chi connectivity index (χ2v) is 16.0. The highest BCUT2D eigenvalue weighted by Crippen LogP contribution is 2.42. The van der Waals surface area contributed by atoms with E-state index in [0.29, 0.717) is 17.6 Å². The molecule has 0 aliphatic heterocycles. The van der Waals surface area contributed by atoms with Gasteiger partial charge in [0.05, 0.1) is 11.0 Å². The van der Waals surface area contributed by atoms with Gasteiger partial charge in [0.15, 0.2) is 11.6 Å². The summed E-state index contributed by atoms with van der Waals surface area (Å²) in [5.41, 5.74) is 10.0. The summed E-state index contributed by atoms with van der Waals surface area (Å²) in [4.78, 5) is 16.2. The van der Waals surface area contributed by atoms with E-state index in [1.807, 2.05) is 12.1 Å². The van der Waals surface area contributed by atoms with Gasteiger partial charge in [-0.05, 0) is 85.6 Å². The van der Waals surface area contributed by atoms with Crippen LogP contribution in [0, 0.1) is 0 Å². The van der Waals surface area contributed by atoms with Crippen LogP contribution in [0.1, 0.15) is 0 Å². The molecule has 5 nitrogen and oxygen atoms in total. The first-order chi connectivity index (χ1) is 30.7. The van der Waals surface area contributed by atoms with Gasteiger partial charge in [0.1, 0.15) is 11.2 Å². The third-order valence-electron chi connectivity index (χ3n) is 12.4. The zero-order chi connectivity index (χ0) is 40.7. The fourth-order valence-electron chi connectivity index (χ4n) is 9.56. The Labute approximate surface area is 355 Å². The van der Waals surface area contributed by atoms with E-state index in [4.69, 9.17) is 19.4 Å². The normalized spacial score (nSPS) is 11.9. The summed E-state index contributed by atoms with van der Waals surface area (Å²) in [6, 6.07) is 72.7. The molecule has 0 saturated heterocycles. The summed E-state index contributed by atoms with van der Waals surface area (Å²) in [5, 5.41) is 11.3. The minimum atomic E-state index is 0.544. The summed E-state index contributed by atoms with van der Waals surface area (Å²) in [7, 11) is 0. The molecule has 0 unspecified atom stereocenters. The molecule has 0 aliphatic carbocycles. The van der Waals surface area contributed by atoms with Gasteiger partial charge in [-0.2, -0.15) is 9.97 Å². The molecule has 0 bridgehead atoms. The van der Waals surface area contributed by atoms with Crippen molar-refractivity contribution in [1.82, 2.24) is 19.5 Å². The lowest BCUT2D eigenvalue weighted by atomic mass is 9.98. The van der Waals surface area contributed by atoms with Gasteiger partial charge in [-0.15, -0.1) is 0 Å². The average Bonchev–Trinajstić information content (AvgIpc) is 3.91. The molecule has 0 spiro atoms. The monoisotopic (exact) mass is 790 g/mol. The number of aromatic nitrogens is 4. The van der Waals surface area contributed by atoms with Crippen LogP contribution >= 0.6 is 0 Å². The molecule has 0 N–H and O–H groups in total. The Hall–Kier alpha value is -8.41. The van der Waals surface area contributed by atoms with Gasteiger partial charge in [-0.3, -0.25) is 4.57 Å². The van der Waals surface area contributed by atoms with Crippen molar-refractivity contribution < 1.29 is 4.42 Å². The Kier molecular flexibility index (Phi) is 7.54. The van der Waals surface area contributed by atoms with Crippen molar-refractivity contribution in [2.75, 3.05) is 0 Å². The smallest absolute Gasteiger partial charge is 0.238 e. The molecule has 0 aliphatic rings. The number of rotatable bonds is 5. The molecule has 13 aromatic rings. The highest BCUT2D eigenvalue weighted by atomic mass is 16.3. The lowest BCUT2D eigenvalue weighted by Crippen LogP contribution is -2.06. The second kappa shape index (κ2) is 13.6. The highest BCUT2D eigenvalue weighted by Gasteiger charge is 2.23. The first-order valence-corrected chi connectivity index (χ1v) is 20.9. The first-order valence-electron chi connectivity index (χ1n) is 20.9. The minimum Gasteiger partial charge on any atom is -0.455 e. The van der Waals surface area contributed by atoms with E-state index in [1.165, 1.54) is 37.9 Å². The van der Waals surface area contributed by atoms with Crippen molar-refractivity contribution in [1.29, 1.82) is 0 Å². The first kappa shape index (κ1) is 34.5. The van der Waals surface area contributed by atoms with E-state index in [0.717, 1.165) is 71.6 Å². The molecule has 0 atom stereocenters. The topological polar surface area (TPSA) is 56.7 Å². The zero-order valence-corrected chi connectivity index (χ0v) is 33.3. The number of benzene rings is 10. The molecule has 62 heavy (non-hydrogen) atoms. The van der Waals surface area contributed by atoms with Crippen LogP contribution in [0.4, 0.5) is 0 Å². The Morgan fingerprint density at radius 3 is 1.55 bits per heavy atom. The number of hydrogen-bond donors (Lipinski definition) is 0. The third kappa shape index (κ3) is 5.32. The van der Waals surface area contributed by atoms with Crippen LogP contribution in [0.15, 0.2) is 211 Å². The van der Waals surface area contributed by atoms with Gasteiger partial charge in [0, 0.05) is 38.1 Å². The molecule has 0 amide bonds. The Bertz CT molecular complexity index is 3840. The van der Waals surface area contributed by atoms with E-state index in [-0.39, 0.29) is 0 Å². The van der Waals surface area contributed by atoms with Crippen LogP contribution in [-0.4, -0.2) is 19.5 Å². The maximum atomic E-state index is 6.67. The van der Waals surface area contributed by atoms with Crippen molar-refractivity contribution in [3.05, 3.63) is 206 Å². The summed E-state index contributed by atoms with van der Waals surface area (Å²) < 4.78 is 8.90. The van der Waals surface area contributed by atoms with E-state index in [9.17, 15) is 0 Å². The SMILES string of the molecule is c1ccc(-c2cccc(-c3cccc(-c4nc(-c5cccc6oc7c8ccccc8ccc7c56)nc(-n5c6ccc7ccccc7c6c6c7ccccc7ccc65)n4)c3)c2)cc1. The van der Waals surface area contributed by atoms with E-state index in [1.54, 1.807) is 0 Å². The zero-order valence-electron chi connectivity index (χ0n) is 33.3. The Balaban J connectivity index is 1.10. The van der Waals surface area contributed by atoms with Crippen LogP contribution in [-0.2, 0) is 0 Å².